The molecular weight excluding hydrogens is 322 g/mol. The molecule has 1 amide bonds. The van der Waals surface area contributed by atoms with Gasteiger partial charge in [0.15, 0.2) is 19.7 Å². The third kappa shape index (κ3) is 3.30. The van der Waals surface area contributed by atoms with Crippen molar-refractivity contribution in [3.63, 3.8) is 0 Å². The van der Waals surface area contributed by atoms with E-state index in [9.17, 15) is 13.2 Å². The summed E-state index contributed by atoms with van der Waals surface area (Å²) in [7, 11) is -3.48. The number of aryl methyl sites for hydroxylation is 1. The lowest BCUT2D eigenvalue weighted by Gasteiger charge is -2.33. The van der Waals surface area contributed by atoms with E-state index in [-0.39, 0.29) is 12.4 Å². The third-order valence-corrected chi connectivity index (χ3v) is 6.26. The van der Waals surface area contributed by atoms with Crippen molar-refractivity contribution in [2.24, 2.45) is 0 Å². The SMILES string of the molecule is Cc1csc(NC(=O)C2(S(C)(=O)=O)CCNCC2)n1.Cl. The molecule has 0 atom stereocenters. The van der Waals surface area contributed by atoms with Crippen LogP contribution in [-0.2, 0) is 14.6 Å². The number of halogens is 1. The number of amides is 1. The minimum atomic E-state index is -3.48. The highest BCUT2D eigenvalue weighted by molar-refractivity contribution is 7.92. The lowest BCUT2D eigenvalue weighted by Crippen LogP contribution is -2.55. The molecule has 1 fully saturated rings. The molecule has 9 heteroatoms. The fourth-order valence-electron chi connectivity index (χ4n) is 2.22. The van der Waals surface area contributed by atoms with E-state index in [1.165, 1.54) is 11.3 Å². The number of anilines is 1. The molecule has 2 heterocycles. The zero-order valence-electron chi connectivity index (χ0n) is 11.3. The minimum Gasteiger partial charge on any atom is -0.317 e. The molecule has 0 aliphatic carbocycles. The van der Waals surface area contributed by atoms with Crippen molar-refractivity contribution in [2.45, 2.75) is 24.5 Å². The topological polar surface area (TPSA) is 88.2 Å². The van der Waals surface area contributed by atoms with Crippen molar-refractivity contribution in [2.75, 3.05) is 24.7 Å². The standard InChI is InChI=1S/C11H17N3O3S2.ClH/c1-8-7-18-10(13-8)14-9(15)11(19(2,16)17)3-5-12-6-4-11;/h7,12H,3-6H2,1-2H3,(H,13,14,15);1H. The first-order valence-electron chi connectivity index (χ1n) is 5.99. The largest absolute Gasteiger partial charge is 0.317 e. The number of hydrogen-bond acceptors (Lipinski definition) is 6. The van der Waals surface area contributed by atoms with Gasteiger partial charge in [-0.25, -0.2) is 13.4 Å². The Balaban J connectivity index is 0.00000200. The number of carbonyl (C=O) groups excluding carboxylic acids is 1. The Bertz CT molecular complexity index is 579. The van der Waals surface area contributed by atoms with Crippen LogP contribution in [0.1, 0.15) is 18.5 Å². The molecule has 0 unspecified atom stereocenters. The molecular formula is C11H18ClN3O3S2. The van der Waals surface area contributed by atoms with E-state index in [1.807, 2.05) is 12.3 Å². The van der Waals surface area contributed by atoms with Gasteiger partial charge in [-0.15, -0.1) is 23.7 Å². The van der Waals surface area contributed by atoms with Gasteiger partial charge in [-0.2, -0.15) is 0 Å². The first-order chi connectivity index (χ1) is 8.85. The van der Waals surface area contributed by atoms with E-state index in [0.717, 1.165) is 11.9 Å². The maximum absolute atomic E-state index is 12.4. The molecule has 0 bridgehead atoms. The summed E-state index contributed by atoms with van der Waals surface area (Å²) in [6, 6.07) is 0. The summed E-state index contributed by atoms with van der Waals surface area (Å²) >= 11 is 1.30. The maximum atomic E-state index is 12.4. The summed E-state index contributed by atoms with van der Waals surface area (Å²) in [6.45, 7) is 2.87. The van der Waals surface area contributed by atoms with Crippen LogP contribution in [0.15, 0.2) is 5.38 Å². The van der Waals surface area contributed by atoms with Crippen LogP contribution < -0.4 is 10.6 Å². The van der Waals surface area contributed by atoms with E-state index in [2.05, 4.69) is 15.6 Å². The molecule has 114 valence electrons. The van der Waals surface area contributed by atoms with Gasteiger partial charge < -0.3 is 10.6 Å². The molecule has 1 saturated heterocycles. The Labute approximate surface area is 128 Å². The average Bonchev–Trinajstić information content (AvgIpc) is 2.74. The number of thiazole rings is 1. The van der Waals surface area contributed by atoms with E-state index in [0.29, 0.717) is 31.1 Å². The van der Waals surface area contributed by atoms with Crippen LogP contribution in [0.25, 0.3) is 0 Å². The van der Waals surface area contributed by atoms with Crippen molar-refractivity contribution in [1.82, 2.24) is 10.3 Å². The third-order valence-electron chi connectivity index (χ3n) is 3.37. The molecule has 2 rings (SSSR count). The summed E-state index contributed by atoms with van der Waals surface area (Å²) in [5.74, 6) is -0.467. The predicted molar refractivity (Wildman–Crippen MR) is 82.4 cm³/mol. The summed E-state index contributed by atoms with van der Waals surface area (Å²) < 4.78 is 22.7. The second-order valence-electron chi connectivity index (χ2n) is 4.76. The van der Waals surface area contributed by atoms with Crippen LogP contribution in [0, 0.1) is 6.92 Å². The first-order valence-corrected chi connectivity index (χ1v) is 8.76. The molecule has 0 aromatic carbocycles. The van der Waals surface area contributed by atoms with Crippen molar-refractivity contribution in [3.05, 3.63) is 11.1 Å². The van der Waals surface area contributed by atoms with Gasteiger partial charge in [-0.1, -0.05) is 0 Å². The Morgan fingerprint density at radius 3 is 2.50 bits per heavy atom. The monoisotopic (exact) mass is 339 g/mol. The zero-order valence-corrected chi connectivity index (χ0v) is 13.8. The lowest BCUT2D eigenvalue weighted by molar-refractivity contribution is -0.119. The minimum absolute atomic E-state index is 0. The molecule has 1 aliphatic rings. The quantitative estimate of drug-likeness (QED) is 0.857. The average molecular weight is 340 g/mol. The molecule has 0 radical (unpaired) electrons. The van der Waals surface area contributed by atoms with Gasteiger partial charge in [-0.05, 0) is 32.9 Å². The number of hydrogen-bond donors (Lipinski definition) is 2. The van der Waals surface area contributed by atoms with Gasteiger partial charge in [-0.3, -0.25) is 4.79 Å². The lowest BCUT2D eigenvalue weighted by atomic mass is 9.96. The van der Waals surface area contributed by atoms with Gasteiger partial charge in [0.25, 0.3) is 0 Å². The molecule has 2 N–H and O–H groups in total. The highest BCUT2D eigenvalue weighted by Crippen LogP contribution is 2.29. The number of sulfone groups is 1. The second-order valence-corrected chi connectivity index (χ2v) is 7.95. The fourth-order valence-corrected chi connectivity index (χ4v) is 4.24. The smallest absolute Gasteiger partial charge is 0.247 e. The Kier molecular flexibility index (Phi) is 5.54. The number of nitrogens with zero attached hydrogens (tertiary/aromatic N) is 1. The predicted octanol–water partition coefficient (Wildman–Crippen LogP) is 0.979. The molecule has 0 saturated carbocycles. The molecule has 0 spiro atoms. The van der Waals surface area contributed by atoms with E-state index >= 15 is 0 Å². The number of carbonyl (C=O) groups is 1. The van der Waals surface area contributed by atoms with Gasteiger partial charge in [0.05, 0.1) is 5.69 Å². The highest BCUT2D eigenvalue weighted by atomic mass is 35.5. The van der Waals surface area contributed by atoms with Crippen LogP contribution in [0.5, 0.6) is 0 Å². The zero-order chi connectivity index (χ0) is 14.1. The van der Waals surface area contributed by atoms with Crippen LogP contribution in [0.3, 0.4) is 0 Å². The van der Waals surface area contributed by atoms with Crippen molar-refractivity contribution >= 4 is 44.6 Å². The molecule has 6 nitrogen and oxygen atoms in total. The Hall–Kier alpha value is -0.700. The van der Waals surface area contributed by atoms with Crippen molar-refractivity contribution < 1.29 is 13.2 Å². The van der Waals surface area contributed by atoms with Crippen LogP contribution in [0.2, 0.25) is 0 Å². The van der Waals surface area contributed by atoms with Gasteiger partial charge in [0.2, 0.25) is 5.91 Å². The highest BCUT2D eigenvalue weighted by Gasteiger charge is 2.48. The van der Waals surface area contributed by atoms with E-state index in [1.54, 1.807) is 0 Å². The number of rotatable bonds is 3. The number of aromatic nitrogens is 1. The molecule has 1 aromatic rings. The first kappa shape index (κ1) is 17.4. The normalized spacial score (nSPS) is 18.1. The maximum Gasteiger partial charge on any atom is 0.247 e. The van der Waals surface area contributed by atoms with E-state index < -0.39 is 20.5 Å². The fraction of sp³-hybridized carbons (Fsp3) is 0.636. The number of nitrogens with one attached hydrogen (secondary N) is 2. The van der Waals surface area contributed by atoms with Gasteiger partial charge in [0.1, 0.15) is 0 Å². The summed E-state index contributed by atoms with van der Waals surface area (Å²) in [4.78, 5) is 16.5. The Morgan fingerprint density at radius 2 is 2.05 bits per heavy atom. The summed E-state index contributed by atoms with van der Waals surface area (Å²) in [6.07, 6.45) is 1.72. The second kappa shape index (κ2) is 6.38. The molecule has 1 aliphatic heterocycles. The molecule has 20 heavy (non-hydrogen) atoms. The van der Waals surface area contributed by atoms with E-state index in [4.69, 9.17) is 0 Å². The van der Waals surface area contributed by atoms with Gasteiger partial charge >= 0.3 is 0 Å². The van der Waals surface area contributed by atoms with Gasteiger partial charge in [0, 0.05) is 11.6 Å². The van der Waals surface area contributed by atoms with Crippen LogP contribution in [-0.4, -0.2) is 43.4 Å². The summed E-state index contributed by atoms with van der Waals surface area (Å²) in [5.41, 5.74) is 0.805. The molecule has 1 aromatic heterocycles. The van der Waals surface area contributed by atoms with Crippen LogP contribution in [0.4, 0.5) is 5.13 Å². The Morgan fingerprint density at radius 1 is 1.45 bits per heavy atom. The van der Waals surface area contributed by atoms with Crippen molar-refractivity contribution in [1.29, 1.82) is 0 Å². The van der Waals surface area contributed by atoms with Crippen LogP contribution >= 0.6 is 23.7 Å². The number of piperidine rings is 1. The van der Waals surface area contributed by atoms with Crippen molar-refractivity contribution in [3.8, 4) is 0 Å². The summed E-state index contributed by atoms with van der Waals surface area (Å²) in [5, 5.41) is 7.98.